The van der Waals surface area contributed by atoms with Crippen LogP contribution in [0.5, 0.6) is 11.5 Å². The number of halogens is 1. The van der Waals surface area contributed by atoms with Crippen molar-refractivity contribution in [2.24, 2.45) is 4.99 Å². The van der Waals surface area contributed by atoms with Crippen LogP contribution in [0.15, 0.2) is 53.5 Å². The van der Waals surface area contributed by atoms with Gasteiger partial charge in [-0.1, -0.05) is 30.3 Å². The Morgan fingerprint density at radius 2 is 1.93 bits per heavy atom. The predicted octanol–water partition coefficient (Wildman–Crippen LogP) is 3.59. The van der Waals surface area contributed by atoms with Crippen LogP contribution >= 0.6 is 24.0 Å². The van der Waals surface area contributed by atoms with E-state index in [1.165, 1.54) is 11.1 Å². The molecule has 1 aliphatic rings. The van der Waals surface area contributed by atoms with Crippen LogP contribution in [0.1, 0.15) is 23.5 Å². The number of nitrogens with one attached hydrogen (secondary N) is 2. The van der Waals surface area contributed by atoms with E-state index in [0.717, 1.165) is 50.0 Å². The number of para-hydroxylation sites is 1. The zero-order valence-electron chi connectivity index (χ0n) is 15.9. The van der Waals surface area contributed by atoms with Gasteiger partial charge in [-0.2, -0.15) is 0 Å². The van der Waals surface area contributed by atoms with E-state index in [1.54, 1.807) is 14.2 Å². The van der Waals surface area contributed by atoms with Gasteiger partial charge in [-0.3, -0.25) is 4.99 Å². The van der Waals surface area contributed by atoms with E-state index < -0.39 is 0 Å². The van der Waals surface area contributed by atoms with Gasteiger partial charge in [0, 0.05) is 26.1 Å². The molecule has 1 atom stereocenters. The maximum absolute atomic E-state index is 5.73. The van der Waals surface area contributed by atoms with E-state index in [1.807, 2.05) is 24.3 Å². The molecular weight excluding hydrogens is 453 g/mol. The number of aliphatic imine (C=N–C) groups is 1. The van der Waals surface area contributed by atoms with Crippen LogP contribution in [0.25, 0.3) is 0 Å². The molecule has 3 rings (SSSR count). The van der Waals surface area contributed by atoms with E-state index in [0.29, 0.717) is 5.92 Å². The number of fused-ring (bicyclic) bond motifs is 1. The van der Waals surface area contributed by atoms with Crippen molar-refractivity contribution in [3.05, 3.63) is 59.7 Å². The second-order valence-corrected chi connectivity index (χ2v) is 6.35. The first-order valence-corrected chi connectivity index (χ1v) is 9.09. The number of hydrogen-bond donors (Lipinski definition) is 2. The predicted molar refractivity (Wildman–Crippen MR) is 121 cm³/mol. The largest absolute Gasteiger partial charge is 0.497 e. The Balaban J connectivity index is 0.00000261. The summed E-state index contributed by atoms with van der Waals surface area (Å²) >= 11 is 0. The number of nitrogens with zero attached hydrogens (tertiary/aromatic N) is 1. The minimum absolute atomic E-state index is 0. The van der Waals surface area contributed by atoms with E-state index in [-0.39, 0.29) is 24.0 Å². The lowest BCUT2D eigenvalue weighted by molar-refractivity contribution is 0.267. The molecule has 27 heavy (non-hydrogen) atoms. The van der Waals surface area contributed by atoms with Crippen LogP contribution in [-0.2, 0) is 6.42 Å². The molecule has 2 aromatic carbocycles. The third-order valence-electron chi connectivity index (χ3n) is 4.69. The molecule has 6 heteroatoms. The lowest BCUT2D eigenvalue weighted by atomic mass is 9.93. The second-order valence-electron chi connectivity index (χ2n) is 6.35. The van der Waals surface area contributed by atoms with Gasteiger partial charge in [0.05, 0.1) is 13.7 Å². The van der Waals surface area contributed by atoms with Gasteiger partial charge in [0.15, 0.2) is 5.96 Å². The number of hydrogen-bond acceptors (Lipinski definition) is 3. The van der Waals surface area contributed by atoms with Crippen LogP contribution < -0.4 is 20.1 Å². The first kappa shape index (κ1) is 21.3. The molecule has 0 saturated heterocycles. The molecule has 0 radical (unpaired) electrons. The first-order valence-electron chi connectivity index (χ1n) is 9.09. The number of ether oxygens (including phenoxy) is 2. The molecule has 1 unspecified atom stereocenters. The fourth-order valence-corrected chi connectivity index (χ4v) is 3.19. The summed E-state index contributed by atoms with van der Waals surface area (Å²) in [5.41, 5.74) is 2.55. The molecule has 0 aliphatic carbocycles. The summed E-state index contributed by atoms with van der Waals surface area (Å²) < 4.78 is 10.9. The van der Waals surface area contributed by atoms with Gasteiger partial charge in [-0.15, -0.1) is 24.0 Å². The Kier molecular flexibility index (Phi) is 8.71. The van der Waals surface area contributed by atoms with Crippen LogP contribution in [-0.4, -0.2) is 39.8 Å². The number of methoxy groups -OCH3 is 1. The zero-order valence-corrected chi connectivity index (χ0v) is 18.2. The summed E-state index contributed by atoms with van der Waals surface area (Å²) in [5, 5.41) is 6.83. The van der Waals surface area contributed by atoms with Crippen molar-refractivity contribution in [1.29, 1.82) is 0 Å². The molecule has 0 fully saturated rings. The summed E-state index contributed by atoms with van der Waals surface area (Å²) in [4.78, 5) is 4.33. The quantitative estimate of drug-likeness (QED) is 0.376. The van der Waals surface area contributed by atoms with Crippen molar-refractivity contribution in [3.63, 3.8) is 0 Å². The molecule has 0 bridgehead atoms. The number of benzene rings is 2. The van der Waals surface area contributed by atoms with E-state index in [4.69, 9.17) is 9.47 Å². The van der Waals surface area contributed by atoms with Crippen molar-refractivity contribution >= 4 is 29.9 Å². The Labute approximate surface area is 178 Å². The minimum Gasteiger partial charge on any atom is -0.497 e. The molecule has 5 nitrogen and oxygen atoms in total. The lowest BCUT2D eigenvalue weighted by Gasteiger charge is -2.26. The van der Waals surface area contributed by atoms with Gasteiger partial charge >= 0.3 is 0 Å². The molecule has 1 heterocycles. The number of guanidine groups is 1. The highest BCUT2D eigenvalue weighted by molar-refractivity contribution is 14.0. The molecular formula is C21H28IN3O2. The molecule has 2 aromatic rings. The average Bonchev–Trinajstić information content (AvgIpc) is 2.71. The lowest BCUT2D eigenvalue weighted by Crippen LogP contribution is -2.40. The van der Waals surface area contributed by atoms with Crippen LogP contribution in [0.3, 0.4) is 0 Å². The van der Waals surface area contributed by atoms with E-state index in [2.05, 4.69) is 39.9 Å². The third kappa shape index (κ3) is 6.02. The van der Waals surface area contributed by atoms with Gasteiger partial charge in [-0.05, 0) is 42.2 Å². The Bertz CT molecular complexity index is 734. The summed E-state index contributed by atoms with van der Waals surface area (Å²) in [6.07, 6.45) is 1.96. The summed E-state index contributed by atoms with van der Waals surface area (Å²) in [6.45, 7) is 2.45. The molecule has 0 spiro atoms. The summed E-state index contributed by atoms with van der Waals surface area (Å²) in [7, 11) is 3.49. The van der Waals surface area contributed by atoms with E-state index >= 15 is 0 Å². The average molecular weight is 481 g/mol. The molecule has 146 valence electrons. The summed E-state index contributed by atoms with van der Waals surface area (Å²) in [6, 6.07) is 16.5. The highest BCUT2D eigenvalue weighted by Crippen LogP contribution is 2.32. The van der Waals surface area contributed by atoms with Gasteiger partial charge in [0.1, 0.15) is 11.5 Å². The van der Waals surface area contributed by atoms with Crippen molar-refractivity contribution in [2.45, 2.75) is 18.8 Å². The number of rotatable bonds is 6. The van der Waals surface area contributed by atoms with Gasteiger partial charge in [0.2, 0.25) is 0 Å². The Hall–Kier alpha value is -1.96. The smallest absolute Gasteiger partial charge is 0.191 e. The summed E-state index contributed by atoms with van der Waals surface area (Å²) in [5.74, 6) is 3.17. The molecule has 1 aliphatic heterocycles. The Morgan fingerprint density at radius 1 is 1.15 bits per heavy atom. The minimum atomic E-state index is 0. The second kappa shape index (κ2) is 11.0. The van der Waals surface area contributed by atoms with Crippen molar-refractivity contribution in [3.8, 4) is 11.5 Å². The van der Waals surface area contributed by atoms with E-state index in [9.17, 15) is 0 Å². The van der Waals surface area contributed by atoms with Gasteiger partial charge in [0.25, 0.3) is 0 Å². The molecule has 2 N–H and O–H groups in total. The Morgan fingerprint density at radius 3 is 2.67 bits per heavy atom. The monoisotopic (exact) mass is 481 g/mol. The van der Waals surface area contributed by atoms with Crippen molar-refractivity contribution in [1.82, 2.24) is 10.6 Å². The van der Waals surface area contributed by atoms with Crippen molar-refractivity contribution < 1.29 is 9.47 Å². The highest BCUT2D eigenvalue weighted by Gasteiger charge is 2.20. The third-order valence-corrected chi connectivity index (χ3v) is 4.69. The zero-order chi connectivity index (χ0) is 18.2. The van der Waals surface area contributed by atoms with Gasteiger partial charge in [-0.25, -0.2) is 0 Å². The topological polar surface area (TPSA) is 54.9 Å². The van der Waals surface area contributed by atoms with Crippen LogP contribution in [0.2, 0.25) is 0 Å². The SMILES string of the molecule is CN=C(NCCc1ccc(OC)cc1)NCC1CCOc2ccccc21.I. The first-order chi connectivity index (χ1) is 12.8. The standard InChI is InChI=1S/C21H27N3O2.HI/c1-22-21(23-13-11-16-7-9-18(25-2)10-8-16)24-15-17-12-14-26-20-6-4-3-5-19(17)20;/h3-10,17H,11-15H2,1-2H3,(H2,22,23,24);1H. The normalized spacial score (nSPS) is 15.8. The fourth-order valence-electron chi connectivity index (χ4n) is 3.19. The van der Waals surface area contributed by atoms with Gasteiger partial charge < -0.3 is 20.1 Å². The van der Waals surface area contributed by atoms with Crippen LogP contribution in [0.4, 0.5) is 0 Å². The highest BCUT2D eigenvalue weighted by atomic mass is 127. The maximum atomic E-state index is 5.73. The maximum Gasteiger partial charge on any atom is 0.191 e. The van der Waals surface area contributed by atoms with Crippen LogP contribution in [0, 0.1) is 0 Å². The fraction of sp³-hybridized carbons (Fsp3) is 0.381. The molecule has 0 aromatic heterocycles. The molecule has 0 amide bonds. The van der Waals surface area contributed by atoms with Crippen molar-refractivity contribution in [2.75, 3.05) is 33.9 Å². The molecule has 0 saturated carbocycles.